The highest BCUT2D eigenvalue weighted by molar-refractivity contribution is 14.1. The topological polar surface area (TPSA) is 51.8 Å². The summed E-state index contributed by atoms with van der Waals surface area (Å²) in [7, 11) is 0. The summed E-state index contributed by atoms with van der Waals surface area (Å²) in [5, 5.41) is 0. The third-order valence-corrected chi connectivity index (χ3v) is 4.21. The first-order chi connectivity index (χ1) is 11.4. The van der Waals surface area contributed by atoms with Gasteiger partial charge in [-0.25, -0.2) is 13.8 Å². The Bertz CT molecular complexity index is 874. The van der Waals surface area contributed by atoms with E-state index in [1.807, 2.05) is 0 Å². The first kappa shape index (κ1) is 16.8. The highest BCUT2D eigenvalue weighted by Gasteiger charge is 2.25. The van der Waals surface area contributed by atoms with E-state index in [1.165, 1.54) is 25.4 Å². The standard InChI is InChI=1S/C18H14F2IN3/c1-18(20,21)14-5-3-2-4-12(14)11-6-7-13(15(19)8-11)16-9-24-17(22)10-23-16/h2-10H,1H3,(H2,22,24). The van der Waals surface area contributed by atoms with Crippen LogP contribution in [0.1, 0.15) is 12.5 Å². The zero-order chi connectivity index (χ0) is 17.3. The molecule has 1 atom stereocenters. The minimum atomic E-state index is -1.55. The average molecular weight is 437 g/mol. The van der Waals surface area contributed by atoms with E-state index in [0.717, 1.165) is 0 Å². The number of anilines is 1. The van der Waals surface area contributed by atoms with Crippen LogP contribution >= 0.6 is 22.6 Å². The van der Waals surface area contributed by atoms with Crippen LogP contribution in [0.4, 0.5) is 14.6 Å². The summed E-state index contributed by atoms with van der Waals surface area (Å²) >= 11 is 1.73. The third-order valence-electron chi connectivity index (χ3n) is 3.63. The van der Waals surface area contributed by atoms with Crippen LogP contribution in [0.2, 0.25) is 0 Å². The molecule has 0 spiro atoms. The SMILES string of the molecule is CC(F)(I)c1ccccc1-c1ccc(-c2cnc(N)cn2)c(F)c1. The molecule has 3 aromatic rings. The van der Waals surface area contributed by atoms with E-state index >= 15 is 0 Å². The van der Waals surface area contributed by atoms with Gasteiger partial charge in [0.25, 0.3) is 0 Å². The van der Waals surface area contributed by atoms with Crippen molar-refractivity contribution in [3.8, 4) is 22.4 Å². The molecule has 0 bridgehead atoms. The molecule has 24 heavy (non-hydrogen) atoms. The highest BCUT2D eigenvalue weighted by atomic mass is 127. The molecule has 0 aliphatic heterocycles. The van der Waals surface area contributed by atoms with Crippen molar-refractivity contribution in [2.75, 3.05) is 5.73 Å². The molecule has 0 saturated heterocycles. The van der Waals surface area contributed by atoms with Crippen LogP contribution in [0.5, 0.6) is 0 Å². The number of nitrogens with two attached hydrogens (primary N) is 1. The molecule has 0 aliphatic rings. The number of nitrogens with zero attached hydrogens (tertiary/aromatic N) is 2. The fourth-order valence-corrected chi connectivity index (χ4v) is 2.96. The van der Waals surface area contributed by atoms with Gasteiger partial charge in [-0.2, -0.15) is 0 Å². The predicted octanol–water partition coefficient (Wildman–Crippen LogP) is 5.11. The molecule has 3 rings (SSSR count). The molecule has 0 fully saturated rings. The quantitative estimate of drug-likeness (QED) is 0.458. The number of rotatable bonds is 3. The van der Waals surface area contributed by atoms with Gasteiger partial charge in [0.15, 0.2) is 3.68 Å². The van der Waals surface area contributed by atoms with E-state index in [-0.39, 0.29) is 5.82 Å². The lowest BCUT2D eigenvalue weighted by atomic mass is 9.96. The van der Waals surface area contributed by atoms with Gasteiger partial charge >= 0.3 is 0 Å². The van der Waals surface area contributed by atoms with Crippen molar-refractivity contribution in [1.29, 1.82) is 0 Å². The number of nitrogen functional groups attached to an aromatic ring is 1. The summed E-state index contributed by atoms with van der Waals surface area (Å²) in [4.78, 5) is 8.00. The van der Waals surface area contributed by atoms with Crippen LogP contribution < -0.4 is 5.73 Å². The van der Waals surface area contributed by atoms with Gasteiger partial charge < -0.3 is 5.73 Å². The van der Waals surface area contributed by atoms with Gasteiger partial charge in [-0.1, -0.05) is 30.3 Å². The van der Waals surface area contributed by atoms with Crippen LogP contribution in [0.25, 0.3) is 22.4 Å². The van der Waals surface area contributed by atoms with E-state index in [2.05, 4.69) is 9.97 Å². The summed E-state index contributed by atoms with van der Waals surface area (Å²) in [6.45, 7) is 1.47. The zero-order valence-electron chi connectivity index (χ0n) is 12.8. The largest absolute Gasteiger partial charge is 0.382 e. The van der Waals surface area contributed by atoms with Crippen molar-refractivity contribution in [3.63, 3.8) is 0 Å². The number of alkyl halides is 2. The zero-order valence-corrected chi connectivity index (χ0v) is 15.0. The number of hydrogen-bond acceptors (Lipinski definition) is 3. The minimum absolute atomic E-state index is 0.272. The highest BCUT2D eigenvalue weighted by Crippen LogP contribution is 2.39. The van der Waals surface area contributed by atoms with Crippen LogP contribution in [-0.4, -0.2) is 9.97 Å². The summed E-state index contributed by atoms with van der Waals surface area (Å²) in [6, 6.07) is 11.8. The lowest BCUT2D eigenvalue weighted by Crippen LogP contribution is -2.06. The molecule has 0 amide bonds. The number of halogens is 3. The van der Waals surface area contributed by atoms with Crippen molar-refractivity contribution in [2.45, 2.75) is 10.6 Å². The van der Waals surface area contributed by atoms with Gasteiger partial charge in [0.05, 0.1) is 18.1 Å². The van der Waals surface area contributed by atoms with Crippen molar-refractivity contribution in [2.24, 2.45) is 0 Å². The molecule has 2 aromatic carbocycles. The smallest absolute Gasteiger partial charge is 0.184 e. The van der Waals surface area contributed by atoms with Crippen molar-refractivity contribution >= 4 is 28.4 Å². The molecule has 1 aromatic heterocycles. The molecule has 0 radical (unpaired) electrons. The van der Waals surface area contributed by atoms with E-state index in [9.17, 15) is 8.78 Å². The Hall–Kier alpha value is -2.09. The molecule has 1 heterocycles. The molecular weight excluding hydrogens is 423 g/mol. The number of aromatic nitrogens is 2. The molecule has 6 heteroatoms. The molecule has 0 aliphatic carbocycles. The summed E-state index contributed by atoms with van der Waals surface area (Å²) in [6.07, 6.45) is 2.80. The molecular formula is C18H14F2IN3. The third kappa shape index (κ3) is 3.38. The Morgan fingerprint density at radius 1 is 1.04 bits per heavy atom. The Morgan fingerprint density at radius 3 is 2.42 bits per heavy atom. The monoisotopic (exact) mass is 437 g/mol. The first-order valence-electron chi connectivity index (χ1n) is 7.21. The summed E-state index contributed by atoms with van der Waals surface area (Å²) in [5.74, 6) is -0.177. The Labute approximate surface area is 152 Å². The molecule has 122 valence electrons. The van der Waals surface area contributed by atoms with E-state index in [1.54, 1.807) is 59.0 Å². The second kappa shape index (κ2) is 6.43. The maximum Gasteiger partial charge on any atom is 0.184 e. The molecule has 2 N–H and O–H groups in total. The van der Waals surface area contributed by atoms with Gasteiger partial charge in [0.1, 0.15) is 11.6 Å². The van der Waals surface area contributed by atoms with E-state index in [0.29, 0.717) is 27.9 Å². The second-order valence-corrected chi connectivity index (χ2v) is 7.48. The lowest BCUT2D eigenvalue weighted by Gasteiger charge is -2.18. The van der Waals surface area contributed by atoms with Gasteiger partial charge in [0.2, 0.25) is 0 Å². The van der Waals surface area contributed by atoms with Crippen LogP contribution in [-0.2, 0) is 3.68 Å². The first-order valence-corrected chi connectivity index (χ1v) is 8.29. The second-order valence-electron chi connectivity index (χ2n) is 5.46. The Morgan fingerprint density at radius 2 is 1.79 bits per heavy atom. The molecule has 1 unspecified atom stereocenters. The predicted molar refractivity (Wildman–Crippen MR) is 99.8 cm³/mol. The van der Waals surface area contributed by atoms with E-state index < -0.39 is 9.49 Å². The van der Waals surface area contributed by atoms with Crippen molar-refractivity contribution in [1.82, 2.24) is 9.97 Å². The van der Waals surface area contributed by atoms with Gasteiger partial charge in [-0.15, -0.1) is 0 Å². The number of benzene rings is 2. The average Bonchev–Trinajstić information content (AvgIpc) is 2.55. The van der Waals surface area contributed by atoms with Crippen molar-refractivity contribution < 1.29 is 8.78 Å². The van der Waals surface area contributed by atoms with Gasteiger partial charge in [-0.05, 0) is 52.8 Å². The summed E-state index contributed by atoms with van der Waals surface area (Å²) in [5.41, 5.74) is 7.98. The normalized spacial score (nSPS) is 13.5. The number of hydrogen-bond donors (Lipinski definition) is 1. The Kier molecular flexibility index (Phi) is 4.49. The fourth-order valence-electron chi connectivity index (χ4n) is 2.49. The maximum atomic E-state index is 14.6. The lowest BCUT2D eigenvalue weighted by molar-refractivity contribution is 0.350. The Balaban J connectivity index is 2.07. The van der Waals surface area contributed by atoms with Crippen LogP contribution in [0.15, 0.2) is 54.9 Å². The maximum absolute atomic E-state index is 14.6. The minimum Gasteiger partial charge on any atom is -0.382 e. The van der Waals surface area contributed by atoms with Crippen LogP contribution in [0, 0.1) is 5.82 Å². The van der Waals surface area contributed by atoms with E-state index in [4.69, 9.17) is 5.73 Å². The van der Waals surface area contributed by atoms with Gasteiger partial charge in [0, 0.05) is 11.1 Å². The van der Waals surface area contributed by atoms with Crippen molar-refractivity contribution in [3.05, 3.63) is 66.2 Å². The van der Waals surface area contributed by atoms with Crippen LogP contribution in [0.3, 0.4) is 0 Å². The summed E-state index contributed by atoms with van der Waals surface area (Å²) < 4.78 is 27.4. The van der Waals surface area contributed by atoms with Gasteiger partial charge in [-0.3, -0.25) is 4.98 Å². The molecule has 0 saturated carbocycles. The molecule has 3 nitrogen and oxygen atoms in total. The fraction of sp³-hybridized carbons (Fsp3) is 0.111.